The van der Waals surface area contributed by atoms with Gasteiger partial charge < -0.3 is 9.42 Å². The van der Waals surface area contributed by atoms with Gasteiger partial charge in [-0.05, 0) is 23.3 Å². The molecule has 0 aliphatic carbocycles. The standard InChI is InChI=1S/C25H24ClN5O/c26-21-11-12-22(27-17-21)31-15-13-30(14-16-31)18-23-28-25(29-32-23)24(19-7-3-1-4-8-19)20-9-5-2-6-10-20/h1-12,17,24H,13-16,18H2. The molecular weight excluding hydrogens is 422 g/mol. The van der Waals surface area contributed by atoms with E-state index in [9.17, 15) is 0 Å². The average Bonchev–Trinajstić information content (AvgIpc) is 3.29. The Bertz CT molecular complexity index is 1090. The van der Waals surface area contributed by atoms with Crippen LogP contribution >= 0.6 is 11.6 Å². The van der Waals surface area contributed by atoms with Gasteiger partial charge in [0.05, 0.1) is 17.5 Å². The molecule has 0 unspecified atom stereocenters. The van der Waals surface area contributed by atoms with Gasteiger partial charge in [-0.15, -0.1) is 0 Å². The molecule has 5 rings (SSSR count). The van der Waals surface area contributed by atoms with Gasteiger partial charge in [-0.3, -0.25) is 4.90 Å². The maximum Gasteiger partial charge on any atom is 0.240 e. The predicted octanol–water partition coefficient (Wildman–Crippen LogP) is 4.62. The third-order valence-electron chi connectivity index (χ3n) is 5.77. The van der Waals surface area contributed by atoms with Crippen molar-refractivity contribution >= 4 is 17.4 Å². The van der Waals surface area contributed by atoms with Crippen LogP contribution < -0.4 is 4.90 Å². The fourth-order valence-electron chi connectivity index (χ4n) is 4.11. The summed E-state index contributed by atoms with van der Waals surface area (Å²) in [7, 11) is 0. The molecule has 162 valence electrons. The number of halogens is 1. The summed E-state index contributed by atoms with van der Waals surface area (Å²) < 4.78 is 5.67. The van der Waals surface area contributed by atoms with Gasteiger partial charge in [0, 0.05) is 32.4 Å². The molecule has 0 saturated carbocycles. The van der Waals surface area contributed by atoms with Crippen molar-refractivity contribution in [3.63, 3.8) is 0 Å². The summed E-state index contributed by atoms with van der Waals surface area (Å²) in [6, 6.07) is 24.5. The van der Waals surface area contributed by atoms with Crippen LogP contribution in [0.5, 0.6) is 0 Å². The SMILES string of the molecule is Clc1ccc(N2CCN(Cc3nc(C(c4ccccc4)c4ccccc4)no3)CC2)nc1. The van der Waals surface area contributed by atoms with Crippen molar-refractivity contribution in [3.8, 4) is 0 Å². The molecule has 0 amide bonds. The van der Waals surface area contributed by atoms with Crippen molar-refractivity contribution in [2.24, 2.45) is 0 Å². The highest BCUT2D eigenvalue weighted by Gasteiger charge is 2.24. The van der Waals surface area contributed by atoms with Crippen molar-refractivity contribution in [1.82, 2.24) is 20.0 Å². The molecular formula is C25H24ClN5O. The molecule has 0 bridgehead atoms. The minimum absolute atomic E-state index is 0.0530. The largest absolute Gasteiger partial charge is 0.354 e. The predicted molar refractivity (Wildman–Crippen MR) is 125 cm³/mol. The summed E-state index contributed by atoms with van der Waals surface area (Å²) in [6.45, 7) is 4.25. The van der Waals surface area contributed by atoms with E-state index >= 15 is 0 Å². The summed E-state index contributed by atoms with van der Waals surface area (Å²) in [5.41, 5.74) is 2.30. The maximum atomic E-state index is 5.95. The number of hydrogen-bond donors (Lipinski definition) is 0. The van der Waals surface area contributed by atoms with Gasteiger partial charge in [-0.2, -0.15) is 4.98 Å². The maximum absolute atomic E-state index is 5.95. The van der Waals surface area contributed by atoms with Crippen LogP contribution in [0.2, 0.25) is 5.02 Å². The monoisotopic (exact) mass is 445 g/mol. The zero-order chi connectivity index (χ0) is 21.8. The van der Waals surface area contributed by atoms with E-state index in [1.807, 2.05) is 48.5 Å². The van der Waals surface area contributed by atoms with Crippen LogP contribution in [0, 0.1) is 0 Å². The van der Waals surface area contributed by atoms with Crippen molar-refractivity contribution in [2.75, 3.05) is 31.1 Å². The Kier molecular flexibility index (Phi) is 6.14. The second kappa shape index (κ2) is 9.51. The van der Waals surface area contributed by atoms with Crippen LogP contribution in [-0.2, 0) is 6.54 Å². The first-order valence-electron chi connectivity index (χ1n) is 10.8. The van der Waals surface area contributed by atoms with Crippen molar-refractivity contribution in [2.45, 2.75) is 12.5 Å². The third-order valence-corrected chi connectivity index (χ3v) is 6.00. The Morgan fingerprint density at radius 2 is 1.50 bits per heavy atom. The van der Waals surface area contributed by atoms with Crippen LogP contribution in [0.3, 0.4) is 0 Å². The van der Waals surface area contributed by atoms with Gasteiger partial charge in [0.25, 0.3) is 0 Å². The van der Waals surface area contributed by atoms with Crippen molar-refractivity contribution < 1.29 is 4.52 Å². The number of anilines is 1. The normalized spacial score (nSPS) is 14.8. The molecule has 1 aliphatic rings. The summed E-state index contributed by atoms with van der Waals surface area (Å²) in [4.78, 5) is 13.8. The first-order valence-corrected chi connectivity index (χ1v) is 11.2. The minimum Gasteiger partial charge on any atom is -0.354 e. The average molecular weight is 446 g/mol. The van der Waals surface area contributed by atoms with Crippen LogP contribution in [0.25, 0.3) is 0 Å². The Labute approximate surface area is 192 Å². The van der Waals surface area contributed by atoms with E-state index in [0.29, 0.717) is 23.3 Å². The molecule has 2 aromatic heterocycles. The van der Waals surface area contributed by atoms with Gasteiger partial charge in [-0.1, -0.05) is 77.4 Å². The first kappa shape index (κ1) is 20.7. The highest BCUT2D eigenvalue weighted by Crippen LogP contribution is 2.30. The van der Waals surface area contributed by atoms with Gasteiger partial charge in [-0.25, -0.2) is 4.98 Å². The molecule has 1 fully saturated rings. The summed E-state index contributed by atoms with van der Waals surface area (Å²) in [5, 5.41) is 5.02. The minimum atomic E-state index is -0.0530. The lowest BCUT2D eigenvalue weighted by Gasteiger charge is -2.34. The second-order valence-corrected chi connectivity index (χ2v) is 8.33. The van der Waals surface area contributed by atoms with Crippen LogP contribution in [0.15, 0.2) is 83.5 Å². The van der Waals surface area contributed by atoms with E-state index in [1.54, 1.807) is 6.20 Å². The third kappa shape index (κ3) is 4.66. The molecule has 1 saturated heterocycles. The summed E-state index contributed by atoms with van der Waals surface area (Å²) in [6.07, 6.45) is 1.69. The fraction of sp³-hybridized carbons (Fsp3) is 0.240. The zero-order valence-electron chi connectivity index (χ0n) is 17.6. The Hall–Kier alpha value is -3.22. The van der Waals surface area contributed by atoms with E-state index in [2.05, 4.69) is 44.2 Å². The molecule has 32 heavy (non-hydrogen) atoms. The topological polar surface area (TPSA) is 58.3 Å². The quantitative estimate of drug-likeness (QED) is 0.431. The van der Waals surface area contributed by atoms with E-state index in [4.69, 9.17) is 21.1 Å². The smallest absolute Gasteiger partial charge is 0.240 e. The molecule has 0 radical (unpaired) electrons. The fourth-order valence-corrected chi connectivity index (χ4v) is 4.22. The highest BCUT2D eigenvalue weighted by atomic mass is 35.5. The second-order valence-electron chi connectivity index (χ2n) is 7.90. The Morgan fingerprint density at radius 1 is 0.844 bits per heavy atom. The van der Waals surface area contributed by atoms with E-state index in [0.717, 1.165) is 43.1 Å². The molecule has 6 nitrogen and oxygen atoms in total. The van der Waals surface area contributed by atoms with Crippen LogP contribution in [0.1, 0.15) is 28.8 Å². The molecule has 3 heterocycles. The lowest BCUT2D eigenvalue weighted by atomic mass is 9.91. The lowest BCUT2D eigenvalue weighted by Crippen LogP contribution is -2.46. The molecule has 0 N–H and O–H groups in total. The molecule has 2 aromatic carbocycles. The first-order chi connectivity index (χ1) is 15.8. The summed E-state index contributed by atoms with van der Waals surface area (Å²) in [5.74, 6) is 2.25. The molecule has 7 heteroatoms. The number of piperazine rings is 1. The van der Waals surface area contributed by atoms with E-state index < -0.39 is 0 Å². The number of nitrogens with zero attached hydrogens (tertiary/aromatic N) is 5. The highest BCUT2D eigenvalue weighted by molar-refractivity contribution is 6.30. The van der Waals surface area contributed by atoms with E-state index in [-0.39, 0.29) is 5.92 Å². The molecule has 4 aromatic rings. The summed E-state index contributed by atoms with van der Waals surface area (Å²) >= 11 is 5.95. The Balaban J connectivity index is 1.27. The van der Waals surface area contributed by atoms with Crippen molar-refractivity contribution in [3.05, 3.63) is 107 Å². The number of aromatic nitrogens is 3. The van der Waals surface area contributed by atoms with Gasteiger partial charge in [0.1, 0.15) is 5.82 Å². The van der Waals surface area contributed by atoms with Crippen molar-refractivity contribution in [1.29, 1.82) is 0 Å². The Morgan fingerprint density at radius 3 is 2.09 bits per heavy atom. The van der Waals surface area contributed by atoms with Gasteiger partial charge in [0.2, 0.25) is 5.89 Å². The van der Waals surface area contributed by atoms with Gasteiger partial charge >= 0.3 is 0 Å². The van der Waals surface area contributed by atoms with Crippen LogP contribution in [-0.4, -0.2) is 46.2 Å². The zero-order valence-corrected chi connectivity index (χ0v) is 18.4. The molecule has 0 spiro atoms. The number of benzene rings is 2. The van der Waals surface area contributed by atoms with Crippen LogP contribution in [0.4, 0.5) is 5.82 Å². The number of hydrogen-bond acceptors (Lipinski definition) is 6. The number of rotatable bonds is 6. The molecule has 0 atom stereocenters. The molecule has 1 aliphatic heterocycles. The number of pyridine rings is 1. The van der Waals surface area contributed by atoms with E-state index in [1.165, 1.54) is 0 Å². The lowest BCUT2D eigenvalue weighted by molar-refractivity contribution is 0.215. The van der Waals surface area contributed by atoms with Gasteiger partial charge in [0.15, 0.2) is 5.82 Å².